The summed E-state index contributed by atoms with van der Waals surface area (Å²) in [5.74, 6) is 0.00368. The van der Waals surface area contributed by atoms with Crippen LogP contribution < -0.4 is 0 Å². The Morgan fingerprint density at radius 2 is 2.47 bits per heavy atom. The minimum Gasteiger partial charge on any atom is -0.333 e. The lowest BCUT2D eigenvalue weighted by molar-refractivity contribution is 0.0746. The number of piperidine rings is 1. The van der Waals surface area contributed by atoms with Gasteiger partial charge in [0.1, 0.15) is 3.79 Å². The predicted octanol–water partition coefficient (Wildman–Crippen LogP) is 2.70. The molecule has 1 aliphatic rings. The Kier molecular flexibility index (Phi) is 3.21. The highest BCUT2D eigenvalue weighted by Gasteiger charge is 2.23. The fraction of sp³-hybridized carbons (Fsp3) is 0.400. The lowest BCUT2D eigenvalue weighted by Crippen LogP contribution is -2.36. The second kappa shape index (κ2) is 4.45. The van der Waals surface area contributed by atoms with E-state index in [1.807, 2.05) is 4.90 Å². The second-order valence-electron chi connectivity index (χ2n) is 3.55. The third kappa shape index (κ3) is 2.29. The first kappa shape index (κ1) is 10.8. The summed E-state index contributed by atoms with van der Waals surface area (Å²) >= 11 is 4.77. The molecule has 2 heterocycles. The van der Waals surface area contributed by atoms with Crippen molar-refractivity contribution in [2.24, 2.45) is 0 Å². The highest BCUT2D eigenvalue weighted by molar-refractivity contribution is 9.11. The zero-order valence-electron chi connectivity index (χ0n) is 8.20. The average molecular weight is 287 g/mol. The van der Waals surface area contributed by atoms with E-state index in [1.54, 1.807) is 5.51 Å². The van der Waals surface area contributed by atoms with Crippen molar-refractivity contribution in [2.45, 2.75) is 12.8 Å². The molecule has 3 nitrogen and oxygen atoms in total. The molecule has 0 atom stereocenters. The number of likely N-dealkylation sites (tertiary alicyclic amines) is 1. The van der Waals surface area contributed by atoms with Crippen molar-refractivity contribution < 1.29 is 4.79 Å². The molecule has 0 spiro atoms. The summed E-state index contributed by atoms with van der Waals surface area (Å²) in [6.45, 7) is 5.40. The van der Waals surface area contributed by atoms with Crippen molar-refractivity contribution in [3.05, 3.63) is 27.1 Å². The SMILES string of the molecule is C=C1CCCN(C(=O)c2ncsc2Br)C1. The van der Waals surface area contributed by atoms with E-state index < -0.39 is 0 Å². The Hall–Kier alpha value is -0.680. The molecule has 1 aromatic heterocycles. The van der Waals surface area contributed by atoms with E-state index in [2.05, 4.69) is 27.5 Å². The lowest BCUT2D eigenvalue weighted by atomic mass is 10.1. The van der Waals surface area contributed by atoms with Crippen LogP contribution in [0.15, 0.2) is 21.4 Å². The monoisotopic (exact) mass is 286 g/mol. The van der Waals surface area contributed by atoms with Crippen molar-refractivity contribution in [1.29, 1.82) is 0 Å². The summed E-state index contributed by atoms with van der Waals surface area (Å²) in [7, 11) is 0. The minimum absolute atomic E-state index is 0.00368. The summed E-state index contributed by atoms with van der Waals surface area (Å²) in [5.41, 5.74) is 3.33. The molecule has 2 rings (SSSR count). The molecule has 1 fully saturated rings. The van der Waals surface area contributed by atoms with E-state index in [9.17, 15) is 4.79 Å². The van der Waals surface area contributed by atoms with Gasteiger partial charge in [-0.1, -0.05) is 12.2 Å². The van der Waals surface area contributed by atoms with Gasteiger partial charge in [0.15, 0.2) is 5.69 Å². The highest BCUT2D eigenvalue weighted by atomic mass is 79.9. The van der Waals surface area contributed by atoms with Gasteiger partial charge in [0, 0.05) is 13.1 Å². The van der Waals surface area contributed by atoms with E-state index in [-0.39, 0.29) is 5.91 Å². The molecule has 0 aliphatic carbocycles. The van der Waals surface area contributed by atoms with Crippen molar-refractivity contribution in [3.63, 3.8) is 0 Å². The molecule has 0 unspecified atom stereocenters. The highest BCUT2D eigenvalue weighted by Crippen LogP contribution is 2.23. The lowest BCUT2D eigenvalue weighted by Gasteiger charge is -2.27. The number of carbonyl (C=O) groups is 1. The minimum atomic E-state index is 0.00368. The van der Waals surface area contributed by atoms with Gasteiger partial charge in [-0.25, -0.2) is 4.98 Å². The van der Waals surface area contributed by atoms with Crippen molar-refractivity contribution in [3.8, 4) is 0 Å². The second-order valence-corrected chi connectivity index (χ2v) is 5.73. The van der Waals surface area contributed by atoms with Gasteiger partial charge in [-0.3, -0.25) is 4.79 Å². The molecule has 1 aromatic rings. The van der Waals surface area contributed by atoms with Gasteiger partial charge in [0.05, 0.1) is 5.51 Å². The van der Waals surface area contributed by atoms with Crippen LogP contribution in [-0.4, -0.2) is 28.9 Å². The number of carbonyl (C=O) groups excluding carboxylic acids is 1. The number of thiazole rings is 1. The van der Waals surface area contributed by atoms with Crippen LogP contribution in [0.5, 0.6) is 0 Å². The predicted molar refractivity (Wildman–Crippen MR) is 64.1 cm³/mol. The molecule has 0 N–H and O–H groups in total. The first-order valence-corrected chi connectivity index (χ1v) is 6.40. The maximum absolute atomic E-state index is 12.0. The number of hydrogen-bond acceptors (Lipinski definition) is 3. The Morgan fingerprint density at radius 1 is 1.67 bits per heavy atom. The van der Waals surface area contributed by atoms with Gasteiger partial charge in [-0.2, -0.15) is 0 Å². The van der Waals surface area contributed by atoms with Crippen molar-refractivity contribution >= 4 is 33.2 Å². The van der Waals surface area contributed by atoms with E-state index in [0.29, 0.717) is 12.2 Å². The molecule has 0 aromatic carbocycles. The van der Waals surface area contributed by atoms with Crippen LogP contribution in [0.3, 0.4) is 0 Å². The molecule has 80 valence electrons. The zero-order chi connectivity index (χ0) is 10.8. The smallest absolute Gasteiger partial charge is 0.274 e. The number of nitrogens with zero attached hydrogens (tertiary/aromatic N) is 2. The van der Waals surface area contributed by atoms with Crippen LogP contribution in [0.25, 0.3) is 0 Å². The van der Waals surface area contributed by atoms with E-state index >= 15 is 0 Å². The van der Waals surface area contributed by atoms with E-state index in [4.69, 9.17) is 0 Å². The fourth-order valence-electron chi connectivity index (χ4n) is 1.64. The molecular formula is C10H11BrN2OS. The number of halogens is 1. The Labute approximate surface area is 101 Å². The molecule has 1 aliphatic heterocycles. The summed E-state index contributed by atoms with van der Waals surface area (Å²) < 4.78 is 0.809. The third-order valence-electron chi connectivity index (χ3n) is 2.39. The molecule has 1 amide bonds. The first-order chi connectivity index (χ1) is 7.18. The summed E-state index contributed by atoms with van der Waals surface area (Å²) in [5, 5.41) is 0. The van der Waals surface area contributed by atoms with Gasteiger partial charge in [0.25, 0.3) is 5.91 Å². The normalized spacial score (nSPS) is 16.9. The summed E-state index contributed by atoms with van der Waals surface area (Å²) in [6.07, 6.45) is 2.04. The Balaban J connectivity index is 2.14. The molecule has 5 heteroatoms. The third-order valence-corrected chi connectivity index (χ3v) is 3.93. The maximum Gasteiger partial charge on any atom is 0.274 e. The molecule has 0 radical (unpaired) electrons. The summed E-state index contributed by atoms with van der Waals surface area (Å²) in [6, 6.07) is 0. The Bertz CT molecular complexity index is 402. The molecule has 1 saturated heterocycles. The van der Waals surface area contributed by atoms with Gasteiger partial charge in [-0.15, -0.1) is 11.3 Å². The topological polar surface area (TPSA) is 33.2 Å². The fourth-order valence-corrected chi connectivity index (χ4v) is 2.67. The van der Waals surface area contributed by atoms with Crippen LogP contribution in [-0.2, 0) is 0 Å². The van der Waals surface area contributed by atoms with Crippen molar-refractivity contribution in [2.75, 3.05) is 13.1 Å². The number of amides is 1. The standard InChI is InChI=1S/C10H11BrN2OS/c1-7-3-2-4-13(5-7)10(14)8-9(11)15-6-12-8/h6H,1-5H2. The molecular weight excluding hydrogens is 276 g/mol. The van der Waals surface area contributed by atoms with Gasteiger partial charge < -0.3 is 4.90 Å². The number of hydrogen-bond donors (Lipinski definition) is 0. The summed E-state index contributed by atoms with van der Waals surface area (Å²) in [4.78, 5) is 17.9. The van der Waals surface area contributed by atoms with Gasteiger partial charge in [-0.05, 0) is 28.8 Å². The van der Waals surface area contributed by atoms with Gasteiger partial charge in [0.2, 0.25) is 0 Å². The van der Waals surface area contributed by atoms with Crippen LogP contribution in [0.2, 0.25) is 0 Å². The van der Waals surface area contributed by atoms with Crippen LogP contribution in [0.1, 0.15) is 23.3 Å². The molecule has 0 saturated carbocycles. The van der Waals surface area contributed by atoms with Gasteiger partial charge >= 0.3 is 0 Å². The van der Waals surface area contributed by atoms with Crippen LogP contribution in [0.4, 0.5) is 0 Å². The number of rotatable bonds is 1. The number of aromatic nitrogens is 1. The Morgan fingerprint density at radius 3 is 3.07 bits per heavy atom. The maximum atomic E-state index is 12.0. The quantitative estimate of drug-likeness (QED) is 0.744. The van der Waals surface area contributed by atoms with E-state index in [0.717, 1.165) is 28.7 Å². The first-order valence-electron chi connectivity index (χ1n) is 4.73. The van der Waals surface area contributed by atoms with Crippen LogP contribution in [0, 0.1) is 0 Å². The van der Waals surface area contributed by atoms with Crippen LogP contribution >= 0.6 is 27.3 Å². The largest absolute Gasteiger partial charge is 0.333 e. The zero-order valence-corrected chi connectivity index (χ0v) is 10.6. The molecule has 15 heavy (non-hydrogen) atoms. The van der Waals surface area contributed by atoms with E-state index in [1.165, 1.54) is 11.3 Å². The van der Waals surface area contributed by atoms with Crippen molar-refractivity contribution in [1.82, 2.24) is 9.88 Å². The molecule has 0 bridgehead atoms. The average Bonchev–Trinajstić information content (AvgIpc) is 2.63.